The zero-order valence-corrected chi connectivity index (χ0v) is 6.84. The average molecular weight is 215 g/mol. The van der Waals surface area contributed by atoms with Gasteiger partial charge in [0.05, 0.1) is 13.0 Å². The van der Waals surface area contributed by atoms with E-state index in [9.17, 15) is 22.8 Å². The molecule has 0 bridgehead atoms. The van der Waals surface area contributed by atoms with Gasteiger partial charge in [-0.25, -0.2) is 0 Å². The molecule has 0 amide bonds. The second kappa shape index (κ2) is 4.80. The lowest BCUT2D eigenvalue weighted by Gasteiger charge is -2.13. The van der Waals surface area contributed by atoms with Crippen LogP contribution in [0, 0.1) is 0 Å². The molecule has 0 fully saturated rings. The molecule has 5 nitrogen and oxygen atoms in total. The van der Waals surface area contributed by atoms with Gasteiger partial charge < -0.3 is 10.2 Å². The maximum absolute atomic E-state index is 11.6. The van der Waals surface area contributed by atoms with Crippen LogP contribution in [0.2, 0.25) is 0 Å². The monoisotopic (exact) mass is 215 g/mol. The predicted octanol–water partition coefficient (Wildman–Crippen LogP) is 0.0662. The lowest BCUT2D eigenvalue weighted by atomic mass is 10.2. The van der Waals surface area contributed by atoms with E-state index in [1.54, 1.807) is 5.32 Å². The van der Waals surface area contributed by atoms with Crippen LogP contribution in [0.5, 0.6) is 0 Å². The van der Waals surface area contributed by atoms with Gasteiger partial charge in [-0.3, -0.25) is 14.9 Å². The van der Waals surface area contributed by atoms with Crippen LogP contribution in [0.1, 0.15) is 6.42 Å². The number of hydrogen-bond donors (Lipinski definition) is 3. The Hall–Kier alpha value is -1.31. The fraction of sp³-hybridized carbons (Fsp3) is 0.667. The van der Waals surface area contributed by atoms with Gasteiger partial charge in [-0.2, -0.15) is 13.2 Å². The molecule has 0 rings (SSSR count). The van der Waals surface area contributed by atoms with Crippen LogP contribution in [0.4, 0.5) is 13.2 Å². The van der Waals surface area contributed by atoms with Crippen LogP contribution in [-0.4, -0.2) is 40.9 Å². The molecule has 0 aromatic heterocycles. The molecule has 0 aliphatic carbocycles. The van der Waals surface area contributed by atoms with Crippen molar-refractivity contribution in [1.29, 1.82) is 0 Å². The van der Waals surface area contributed by atoms with Crippen LogP contribution < -0.4 is 5.32 Å². The molecule has 0 aliphatic heterocycles. The standard InChI is InChI=1S/C6H8F3NO4/c7-6(8,9)2-10-3(5(13)14)1-4(11)12/h3,10H,1-2H2,(H,11,12)(H,13,14). The zero-order chi connectivity index (χ0) is 11.4. The van der Waals surface area contributed by atoms with Crippen molar-refractivity contribution in [2.75, 3.05) is 6.54 Å². The number of nitrogens with one attached hydrogen (secondary N) is 1. The molecule has 14 heavy (non-hydrogen) atoms. The summed E-state index contributed by atoms with van der Waals surface area (Å²) in [5.41, 5.74) is 0. The summed E-state index contributed by atoms with van der Waals surface area (Å²) >= 11 is 0. The molecule has 0 aromatic rings. The largest absolute Gasteiger partial charge is 0.481 e. The first kappa shape index (κ1) is 12.7. The first-order chi connectivity index (χ1) is 6.22. The van der Waals surface area contributed by atoms with Crippen molar-refractivity contribution in [2.24, 2.45) is 0 Å². The van der Waals surface area contributed by atoms with E-state index in [0.29, 0.717) is 0 Å². The highest BCUT2D eigenvalue weighted by Gasteiger charge is 2.30. The molecular formula is C6H8F3NO4. The number of aliphatic carboxylic acids is 2. The third-order valence-corrected chi connectivity index (χ3v) is 1.23. The van der Waals surface area contributed by atoms with Crippen LogP contribution in [0.15, 0.2) is 0 Å². The number of hydrogen-bond acceptors (Lipinski definition) is 3. The van der Waals surface area contributed by atoms with Crippen molar-refractivity contribution in [3.63, 3.8) is 0 Å². The van der Waals surface area contributed by atoms with Gasteiger partial charge in [0.2, 0.25) is 0 Å². The van der Waals surface area contributed by atoms with Crippen molar-refractivity contribution in [3.8, 4) is 0 Å². The highest BCUT2D eigenvalue weighted by atomic mass is 19.4. The molecule has 0 spiro atoms. The third kappa shape index (κ3) is 6.23. The Morgan fingerprint density at radius 1 is 1.29 bits per heavy atom. The predicted molar refractivity (Wildman–Crippen MR) is 37.7 cm³/mol. The minimum absolute atomic E-state index is 0.897. The molecular weight excluding hydrogens is 207 g/mol. The number of rotatable bonds is 5. The third-order valence-electron chi connectivity index (χ3n) is 1.23. The van der Waals surface area contributed by atoms with Gasteiger partial charge in [0.15, 0.2) is 0 Å². The van der Waals surface area contributed by atoms with Crippen LogP contribution in [0.25, 0.3) is 0 Å². The Morgan fingerprint density at radius 2 is 1.79 bits per heavy atom. The van der Waals surface area contributed by atoms with Crippen molar-refractivity contribution in [3.05, 3.63) is 0 Å². The molecule has 0 aliphatic rings. The van der Waals surface area contributed by atoms with E-state index in [-0.39, 0.29) is 0 Å². The lowest BCUT2D eigenvalue weighted by molar-refractivity contribution is -0.149. The summed E-state index contributed by atoms with van der Waals surface area (Å²) in [6.07, 6.45) is -5.46. The van der Waals surface area contributed by atoms with E-state index in [0.717, 1.165) is 0 Å². The summed E-state index contributed by atoms with van der Waals surface area (Å²) in [6.45, 7) is -1.53. The van der Waals surface area contributed by atoms with E-state index in [4.69, 9.17) is 10.2 Å². The number of halogens is 3. The second-order valence-electron chi connectivity index (χ2n) is 2.48. The smallest absolute Gasteiger partial charge is 0.401 e. The Kier molecular flexibility index (Phi) is 4.35. The fourth-order valence-electron chi connectivity index (χ4n) is 0.660. The first-order valence-corrected chi connectivity index (χ1v) is 3.47. The molecule has 1 unspecified atom stereocenters. The molecule has 3 N–H and O–H groups in total. The molecule has 0 heterocycles. The lowest BCUT2D eigenvalue weighted by Crippen LogP contribution is -2.43. The normalized spacial score (nSPS) is 13.6. The quantitative estimate of drug-likeness (QED) is 0.604. The second-order valence-corrected chi connectivity index (χ2v) is 2.48. The SMILES string of the molecule is O=C(O)CC(NCC(F)(F)F)C(=O)O. The van der Waals surface area contributed by atoms with E-state index in [1.807, 2.05) is 0 Å². The molecule has 0 saturated carbocycles. The number of carboxylic acids is 2. The van der Waals surface area contributed by atoms with Crippen LogP contribution in [0.3, 0.4) is 0 Å². The summed E-state index contributed by atoms with van der Waals surface area (Å²) in [5, 5.41) is 18.1. The summed E-state index contributed by atoms with van der Waals surface area (Å²) in [7, 11) is 0. The highest BCUT2D eigenvalue weighted by Crippen LogP contribution is 2.12. The number of carbonyl (C=O) groups is 2. The van der Waals surface area contributed by atoms with Gasteiger partial charge in [-0.15, -0.1) is 0 Å². The number of carboxylic acid groups (broad SMARTS) is 2. The molecule has 0 aromatic carbocycles. The van der Waals surface area contributed by atoms with E-state index in [1.165, 1.54) is 0 Å². The van der Waals surface area contributed by atoms with Crippen LogP contribution in [-0.2, 0) is 9.59 Å². The molecule has 82 valence electrons. The van der Waals surface area contributed by atoms with E-state index >= 15 is 0 Å². The average Bonchev–Trinajstić information content (AvgIpc) is 1.94. The van der Waals surface area contributed by atoms with Crippen molar-refractivity contribution in [2.45, 2.75) is 18.6 Å². The van der Waals surface area contributed by atoms with Crippen molar-refractivity contribution in [1.82, 2.24) is 5.32 Å². The molecule has 1 atom stereocenters. The summed E-state index contributed by atoms with van der Waals surface area (Å²) in [4.78, 5) is 20.3. The van der Waals surface area contributed by atoms with Gasteiger partial charge in [0.1, 0.15) is 6.04 Å². The maximum Gasteiger partial charge on any atom is 0.401 e. The minimum Gasteiger partial charge on any atom is -0.481 e. The minimum atomic E-state index is -4.56. The van der Waals surface area contributed by atoms with Gasteiger partial charge >= 0.3 is 18.1 Å². The summed E-state index contributed by atoms with van der Waals surface area (Å²) < 4.78 is 34.8. The Bertz CT molecular complexity index is 228. The van der Waals surface area contributed by atoms with E-state index in [2.05, 4.69) is 0 Å². The van der Waals surface area contributed by atoms with Crippen molar-refractivity contribution < 1.29 is 33.0 Å². The maximum atomic E-state index is 11.6. The first-order valence-electron chi connectivity index (χ1n) is 3.47. The van der Waals surface area contributed by atoms with E-state index < -0.39 is 37.1 Å². The zero-order valence-electron chi connectivity index (χ0n) is 6.84. The van der Waals surface area contributed by atoms with Gasteiger partial charge in [-0.1, -0.05) is 0 Å². The fourth-order valence-corrected chi connectivity index (χ4v) is 0.660. The van der Waals surface area contributed by atoms with Gasteiger partial charge in [-0.05, 0) is 0 Å². The molecule has 0 radical (unpaired) electrons. The number of alkyl halides is 3. The Balaban J connectivity index is 4.11. The van der Waals surface area contributed by atoms with Gasteiger partial charge in [0, 0.05) is 0 Å². The topological polar surface area (TPSA) is 86.6 Å². The van der Waals surface area contributed by atoms with Crippen molar-refractivity contribution >= 4 is 11.9 Å². The summed E-state index contributed by atoms with van der Waals surface area (Å²) in [6, 6.07) is -1.73. The highest BCUT2D eigenvalue weighted by molar-refractivity contribution is 5.80. The molecule has 8 heteroatoms. The Labute approximate surface area is 76.5 Å². The molecule has 0 saturated heterocycles. The summed E-state index contributed by atoms with van der Waals surface area (Å²) in [5.74, 6) is -3.11. The Morgan fingerprint density at radius 3 is 2.07 bits per heavy atom. The van der Waals surface area contributed by atoms with Crippen LogP contribution >= 0.6 is 0 Å². The van der Waals surface area contributed by atoms with Gasteiger partial charge in [0.25, 0.3) is 0 Å².